The summed E-state index contributed by atoms with van der Waals surface area (Å²) in [6.07, 6.45) is 2.50. The van der Waals surface area contributed by atoms with Gasteiger partial charge in [-0.2, -0.15) is 0 Å². The van der Waals surface area contributed by atoms with Crippen LogP contribution in [0.2, 0.25) is 0 Å². The Bertz CT molecular complexity index is 1430. The number of aliphatic hydroxyl groups excluding tert-OH is 1. The van der Waals surface area contributed by atoms with Crippen LogP contribution in [0.5, 0.6) is 5.75 Å². The molecule has 1 aliphatic heterocycles. The first-order valence-corrected chi connectivity index (χ1v) is 11.5. The monoisotopic (exact) mass is 466 g/mol. The second-order valence-corrected chi connectivity index (χ2v) is 8.74. The maximum absolute atomic E-state index is 13.2. The standard InChI is InChI=1S/C29H26N2O4/c1-18-7-9-20(10-8-18)27(32)25-26(19-11-13-22(35-2)14-12-19)31(29(34)28(25)33)16-15-21-17-30-24-6-4-3-5-23(21)24/h3-14,17,26,30,32H,15-16H2,1-2H3/t26-/m1/s1. The molecule has 1 amide bonds. The fraction of sp³-hybridized carbons (Fsp3) is 0.172. The van der Waals surface area contributed by atoms with Gasteiger partial charge in [0.25, 0.3) is 11.7 Å². The number of rotatable bonds is 6. The molecule has 3 aromatic carbocycles. The summed E-state index contributed by atoms with van der Waals surface area (Å²) in [6.45, 7) is 2.28. The summed E-state index contributed by atoms with van der Waals surface area (Å²) < 4.78 is 5.28. The number of aryl methyl sites for hydroxylation is 1. The van der Waals surface area contributed by atoms with Gasteiger partial charge in [-0.15, -0.1) is 0 Å². The Kier molecular flexibility index (Phi) is 5.87. The van der Waals surface area contributed by atoms with E-state index in [1.807, 2.05) is 61.7 Å². The van der Waals surface area contributed by atoms with Crippen LogP contribution >= 0.6 is 0 Å². The summed E-state index contributed by atoms with van der Waals surface area (Å²) in [7, 11) is 1.58. The van der Waals surface area contributed by atoms with E-state index in [-0.39, 0.29) is 11.3 Å². The minimum atomic E-state index is -0.701. The summed E-state index contributed by atoms with van der Waals surface area (Å²) in [6, 6.07) is 21.8. The summed E-state index contributed by atoms with van der Waals surface area (Å²) in [4.78, 5) is 31.3. The molecule has 1 saturated heterocycles. The highest BCUT2D eigenvalue weighted by Crippen LogP contribution is 2.40. The molecule has 1 atom stereocenters. The van der Waals surface area contributed by atoms with Gasteiger partial charge in [0.1, 0.15) is 11.5 Å². The smallest absolute Gasteiger partial charge is 0.295 e. The molecule has 2 N–H and O–H groups in total. The Morgan fingerprint density at radius 2 is 1.71 bits per heavy atom. The van der Waals surface area contributed by atoms with Crippen LogP contribution in [-0.4, -0.2) is 40.3 Å². The second kappa shape index (κ2) is 9.14. The third-order valence-corrected chi connectivity index (χ3v) is 6.59. The number of hydrogen-bond donors (Lipinski definition) is 2. The second-order valence-electron chi connectivity index (χ2n) is 8.74. The highest BCUT2D eigenvalue weighted by atomic mass is 16.5. The van der Waals surface area contributed by atoms with Crippen molar-refractivity contribution in [3.63, 3.8) is 0 Å². The molecule has 4 aromatic rings. The number of amides is 1. The van der Waals surface area contributed by atoms with Crippen LogP contribution in [0.3, 0.4) is 0 Å². The largest absolute Gasteiger partial charge is 0.507 e. The van der Waals surface area contributed by atoms with E-state index in [4.69, 9.17) is 4.74 Å². The molecule has 176 valence electrons. The van der Waals surface area contributed by atoms with Crippen molar-refractivity contribution in [2.75, 3.05) is 13.7 Å². The molecule has 0 aliphatic carbocycles. The molecule has 6 nitrogen and oxygen atoms in total. The number of ketones is 1. The molecule has 0 unspecified atom stereocenters. The first-order chi connectivity index (χ1) is 17.0. The number of para-hydroxylation sites is 1. The van der Waals surface area contributed by atoms with Crippen LogP contribution in [0.15, 0.2) is 84.6 Å². The van der Waals surface area contributed by atoms with Gasteiger partial charge in [-0.25, -0.2) is 0 Å². The lowest BCUT2D eigenvalue weighted by molar-refractivity contribution is -0.139. The number of nitrogens with zero attached hydrogens (tertiary/aromatic N) is 1. The molecule has 6 heteroatoms. The quantitative estimate of drug-likeness (QED) is 0.234. The van der Waals surface area contributed by atoms with E-state index in [0.717, 1.165) is 27.6 Å². The van der Waals surface area contributed by atoms with E-state index in [9.17, 15) is 14.7 Å². The number of benzene rings is 3. The van der Waals surface area contributed by atoms with Crippen LogP contribution in [0, 0.1) is 6.92 Å². The number of Topliss-reactive ketones (excluding diaryl/α,β-unsaturated/α-hetero) is 1. The van der Waals surface area contributed by atoms with Gasteiger partial charge in [-0.05, 0) is 42.7 Å². The first kappa shape index (κ1) is 22.5. The number of H-pyrrole nitrogens is 1. The van der Waals surface area contributed by atoms with Crippen LogP contribution < -0.4 is 4.74 Å². The molecule has 0 saturated carbocycles. The van der Waals surface area contributed by atoms with Crippen molar-refractivity contribution in [2.24, 2.45) is 0 Å². The van der Waals surface area contributed by atoms with E-state index in [0.29, 0.717) is 24.3 Å². The minimum Gasteiger partial charge on any atom is -0.507 e. The van der Waals surface area contributed by atoms with Crippen molar-refractivity contribution >= 4 is 28.4 Å². The Morgan fingerprint density at radius 3 is 2.43 bits per heavy atom. The Balaban J connectivity index is 1.56. The van der Waals surface area contributed by atoms with E-state index < -0.39 is 17.7 Å². The van der Waals surface area contributed by atoms with Crippen molar-refractivity contribution < 1.29 is 19.4 Å². The van der Waals surface area contributed by atoms with Gasteiger partial charge in [0.05, 0.1) is 18.7 Å². The zero-order valence-corrected chi connectivity index (χ0v) is 19.6. The fourth-order valence-electron chi connectivity index (χ4n) is 4.69. The SMILES string of the molecule is COc1ccc([C@@H]2C(=C(O)c3ccc(C)cc3)C(=O)C(=O)N2CCc2c[nH]c3ccccc23)cc1. The predicted octanol–water partition coefficient (Wildman–Crippen LogP) is 5.15. The Morgan fingerprint density at radius 1 is 1.00 bits per heavy atom. The summed E-state index contributed by atoms with van der Waals surface area (Å²) >= 11 is 0. The Hall–Kier alpha value is -4.32. The topological polar surface area (TPSA) is 82.6 Å². The molecule has 2 heterocycles. The van der Waals surface area contributed by atoms with Gasteiger partial charge in [0.2, 0.25) is 0 Å². The van der Waals surface area contributed by atoms with Crippen molar-refractivity contribution in [2.45, 2.75) is 19.4 Å². The molecule has 1 aromatic heterocycles. The molecule has 0 spiro atoms. The molecule has 1 fully saturated rings. The molecule has 35 heavy (non-hydrogen) atoms. The molecular weight excluding hydrogens is 440 g/mol. The number of aliphatic hydroxyl groups is 1. The van der Waals surface area contributed by atoms with Crippen LogP contribution in [0.25, 0.3) is 16.7 Å². The lowest BCUT2D eigenvalue weighted by atomic mass is 9.95. The molecule has 0 bridgehead atoms. The minimum absolute atomic E-state index is 0.1000. The van der Waals surface area contributed by atoms with Gasteiger partial charge in [0, 0.05) is 29.2 Å². The zero-order chi connectivity index (χ0) is 24.5. The van der Waals surface area contributed by atoms with E-state index in [2.05, 4.69) is 4.98 Å². The number of ether oxygens (including phenoxy) is 1. The fourth-order valence-corrected chi connectivity index (χ4v) is 4.69. The van der Waals surface area contributed by atoms with Gasteiger partial charge in [0.15, 0.2) is 0 Å². The van der Waals surface area contributed by atoms with Crippen LogP contribution in [0.1, 0.15) is 28.3 Å². The highest BCUT2D eigenvalue weighted by molar-refractivity contribution is 6.46. The van der Waals surface area contributed by atoms with Crippen molar-refractivity contribution in [3.8, 4) is 5.75 Å². The van der Waals surface area contributed by atoms with E-state index in [1.165, 1.54) is 0 Å². The van der Waals surface area contributed by atoms with Crippen LogP contribution in [0.4, 0.5) is 0 Å². The average Bonchev–Trinajstić information content (AvgIpc) is 3.41. The van der Waals surface area contributed by atoms with E-state index in [1.54, 1.807) is 36.3 Å². The third kappa shape index (κ3) is 4.08. The lowest BCUT2D eigenvalue weighted by Gasteiger charge is -2.25. The maximum atomic E-state index is 13.2. The number of nitrogens with one attached hydrogen (secondary N) is 1. The average molecular weight is 467 g/mol. The zero-order valence-electron chi connectivity index (χ0n) is 19.6. The van der Waals surface area contributed by atoms with Crippen molar-refractivity contribution in [3.05, 3.63) is 107 Å². The van der Waals surface area contributed by atoms with Gasteiger partial charge < -0.3 is 19.7 Å². The molecule has 1 aliphatic rings. The number of aromatic nitrogens is 1. The van der Waals surface area contributed by atoms with Gasteiger partial charge >= 0.3 is 0 Å². The van der Waals surface area contributed by atoms with Gasteiger partial charge in [-0.1, -0.05) is 60.2 Å². The summed E-state index contributed by atoms with van der Waals surface area (Å²) in [5, 5.41) is 12.3. The third-order valence-electron chi connectivity index (χ3n) is 6.59. The first-order valence-electron chi connectivity index (χ1n) is 11.5. The Labute approximate surface area is 203 Å². The summed E-state index contributed by atoms with van der Waals surface area (Å²) in [5.41, 5.74) is 4.46. The predicted molar refractivity (Wildman–Crippen MR) is 135 cm³/mol. The van der Waals surface area contributed by atoms with Crippen molar-refractivity contribution in [1.29, 1.82) is 0 Å². The van der Waals surface area contributed by atoms with E-state index >= 15 is 0 Å². The number of aromatic amines is 1. The maximum Gasteiger partial charge on any atom is 0.295 e. The van der Waals surface area contributed by atoms with Crippen LogP contribution in [-0.2, 0) is 16.0 Å². The normalized spacial score (nSPS) is 17.3. The number of likely N-dealkylation sites (tertiary alicyclic amines) is 1. The molecule has 0 radical (unpaired) electrons. The number of methoxy groups -OCH3 is 1. The molecule has 5 rings (SSSR count). The lowest BCUT2D eigenvalue weighted by Crippen LogP contribution is -2.31. The number of fused-ring (bicyclic) bond motifs is 1. The highest BCUT2D eigenvalue weighted by Gasteiger charge is 2.45. The van der Waals surface area contributed by atoms with Crippen molar-refractivity contribution in [1.82, 2.24) is 9.88 Å². The molecular formula is C29H26N2O4. The number of carbonyl (C=O) groups is 2. The number of hydrogen-bond acceptors (Lipinski definition) is 4. The number of carbonyl (C=O) groups excluding carboxylic acids is 2. The summed E-state index contributed by atoms with van der Waals surface area (Å²) in [5.74, 6) is -0.788. The van der Waals surface area contributed by atoms with Gasteiger partial charge in [-0.3, -0.25) is 9.59 Å².